The standard InChI is InChI=1S/C20H31N3O2/c1-15-5-7-16(8-6-15)20(2,3)19(25)23-13-17(18(24)14-23)22-11-9-21(4)10-12-22/h5-8,17-18,24H,9-14H2,1-4H3/t17-,18-/m1/s1. The molecule has 0 bridgehead atoms. The van der Waals surface area contributed by atoms with Gasteiger partial charge in [-0.3, -0.25) is 9.69 Å². The summed E-state index contributed by atoms with van der Waals surface area (Å²) in [5.41, 5.74) is 1.64. The Labute approximate surface area is 151 Å². The van der Waals surface area contributed by atoms with Crippen molar-refractivity contribution in [3.05, 3.63) is 35.4 Å². The number of carbonyl (C=O) groups excluding carboxylic acids is 1. The van der Waals surface area contributed by atoms with Gasteiger partial charge in [0.2, 0.25) is 5.91 Å². The fourth-order valence-electron chi connectivity index (χ4n) is 3.94. The number of likely N-dealkylation sites (tertiary alicyclic amines) is 1. The zero-order valence-electron chi connectivity index (χ0n) is 15.9. The quantitative estimate of drug-likeness (QED) is 0.891. The van der Waals surface area contributed by atoms with Crippen LogP contribution in [-0.4, -0.2) is 84.2 Å². The van der Waals surface area contributed by atoms with E-state index in [4.69, 9.17) is 0 Å². The van der Waals surface area contributed by atoms with E-state index in [1.807, 2.05) is 30.9 Å². The lowest BCUT2D eigenvalue weighted by Crippen LogP contribution is -2.53. The Kier molecular flexibility index (Phi) is 5.19. The lowest BCUT2D eigenvalue weighted by Gasteiger charge is -2.37. The third-order valence-corrected chi connectivity index (χ3v) is 5.86. The van der Waals surface area contributed by atoms with Crippen molar-refractivity contribution < 1.29 is 9.90 Å². The maximum Gasteiger partial charge on any atom is 0.232 e. The summed E-state index contributed by atoms with van der Waals surface area (Å²) in [6.45, 7) is 11.0. The maximum absolute atomic E-state index is 13.2. The Morgan fingerprint density at radius 2 is 1.68 bits per heavy atom. The number of benzene rings is 1. The molecule has 2 atom stereocenters. The second kappa shape index (κ2) is 7.06. The molecule has 0 unspecified atom stereocenters. The minimum Gasteiger partial charge on any atom is -0.390 e. The van der Waals surface area contributed by atoms with Gasteiger partial charge < -0.3 is 14.9 Å². The van der Waals surface area contributed by atoms with Crippen molar-refractivity contribution in [1.29, 1.82) is 0 Å². The SMILES string of the molecule is Cc1ccc(C(C)(C)C(=O)N2C[C@@H](O)[C@H](N3CCN(C)CC3)C2)cc1. The number of amides is 1. The number of aliphatic hydroxyl groups excluding tert-OH is 1. The Bertz CT molecular complexity index is 606. The number of rotatable bonds is 3. The van der Waals surface area contributed by atoms with Crippen LogP contribution in [-0.2, 0) is 10.2 Å². The van der Waals surface area contributed by atoms with Gasteiger partial charge in [-0.25, -0.2) is 0 Å². The van der Waals surface area contributed by atoms with Crippen molar-refractivity contribution in [3.8, 4) is 0 Å². The van der Waals surface area contributed by atoms with Crippen LogP contribution in [0.4, 0.5) is 0 Å². The molecule has 2 fully saturated rings. The van der Waals surface area contributed by atoms with Crippen LogP contribution in [0.25, 0.3) is 0 Å². The molecule has 2 aliphatic rings. The van der Waals surface area contributed by atoms with Crippen LogP contribution in [0.2, 0.25) is 0 Å². The van der Waals surface area contributed by atoms with E-state index >= 15 is 0 Å². The van der Waals surface area contributed by atoms with Crippen LogP contribution in [0.5, 0.6) is 0 Å². The molecule has 5 nitrogen and oxygen atoms in total. The summed E-state index contributed by atoms with van der Waals surface area (Å²) in [7, 11) is 2.13. The molecular formula is C20H31N3O2. The molecule has 0 radical (unpaired) electrons. The first-order valence-electron chi connectivity index (χ1n) is 9.26. The van der Waals surface area contributed by atoms with Gasteiger partial charge in [0, 0.05) is 39.3 Å². The minimum absolute atomic E-state index is 0.0615. The van der Waals surface area contributed by atoms with Gasteiger partial charge in [-0.05, 0) is 33.4 Å². The van der Waals surface area contributed by atoms with E-state index in [1.165, 1.54) is 5.56 Å². The van der Waals surface area contributed by atoms with Gasteiger partial charge in [0.05, 0.1) is 17.6 Å². The van der Waals surface area contributed by atoms with Gasteiger partial charge in [0.25, 0.3) is 0 Å². The van der Waals surface area contributed by atoms with Gasteiger partial charge in [-0.15, -0.1) is 0 Å². The largest absolute Gasteiger partial charge is 0.390 e. The van der Waals surface area contributed by atoms with Gasteiger partial charge in [-0.2, -0.15) is 0 Å². The second-order valence-corrected chi connectivity index (χ2v) is 8.18. The number of likely N-dealkylation sites (N-methyl/N-ethyl adjacent to an activating group) is 1. The number of carbonyl (C=O) groups is 1. The zero-order valence-corrected chi connectivity index (χ0v) is 15.9. The third kappa shape index (κ3) is 3.73. The first-order chi connectivity index (χ1) is 11.8. The molecule has 0 aromatic heterocycles. The summed E-state index contributed by atoms with van der Waals surface area (Å²) in [6, 6.07) is 8.24. The Balaban J connectivity index is 1.69. The third-order valence-electron chi connectivity index (χ3n) is 5.86. The van der Waals surface area contributed by atoms with E-state index in [1.54, 1.807) is 0 Å². The van der Waals surface area contributed by atoms with Crippen molar-refractivity contribution in [2.45, 2.75) is 38.3 Å². The summed E-state index contributed by atoms with van der Waals surface area (Å²) >= 11 is 0. The first-order valence-corrected chi connectivity index (χ1v) is 9.26. The van der Waals surface area contributed by atoms with E-state index in [0.717, 1.165) is 31.7 Å². The van der Waals surface area contributed by atoms with Crippen LogP contribution in [0.15, 0.2) is 24.3 Å². The summed E-state index contributed by atoms with van der Waals surface area (Å²) < 4.78 is 0. The average molecular weight is 345 g/mol. The molecule has 0 aliphatic carbocycles. The summed E-state index contributed by atoms with van der Waals surface area (Å²) in [4.78, 5) is 19.7. The van der Waals surface area contributed by atoms with Crippen molar-refractivity contribution in [1.82, 2.24) is 14.7 Å². The highest BCUT2D eigenvalue weighted by Crippen LogP contribution is 2.29. The van der Waals surface area contributed by atoms with E-state index in [0.29, 0.717) is 13.1 Å². The molecule has 3 rings (SSSR count). The number of hydrogen-bond donors (Lipinski definition) is 1. The highest BCUT2D eigenvalue weighted by Gasteiger charge is 2.42. The van der Waals surface area contributed by atoms with Gasteiger partial charge >= 0.3 is 0 Å². The second-order valence-electron chi connectivity index (χ2n) is 8.18. The van der Waals surface area contributed by atoms with Crippen LogP contribution in [0, 0.1) is 6.92 Å². The van der Waals surface area contributed by atoms with Gasteiger partial charge in [0.1, 0.15) is 0 Å². The highest BCUT2D eigenvalue weighted by molar-refractivity contribution is 5.87. The molecule has 1 amide bonds. The van der Waals surface area contributed by atoms with Crippen LogP contribution in [0.3, 0.4) is 0 Å². The van der Waals surface area contributed by atoms with E-state index < -0.39 is 11.5 Å². The molecule has 0 saturated carbocycles. The predicted molar refractivity (Wildman–Crippen MR) is 99.6 cm³/mol. The molecule has 1 aromatic rings. The molecule has 2 aliphatic heterocycles. The van der Waals surface area contributed by atoms with Crippen LogP contribution >= 0.6 is 0 Å². The number of aliphatic hydroxyl groups is 1. The first kappa shape index (κ1) is 18.4. The smallest absolute Gasteiger partial charge is 0.232 e. The van der Waals surface area contributed by atoms with Gasteiger partial charge in [0.15, 0.2) is 0 Å². The molecule has 0 spiro atoms. The molecule has 5 heteroatoms. The minimum atomic E-state index is -0.579. The fourth-order valence-corrected chi connectivity index (χ4v) is 3.94. The van der Waals surface area contributed by atoms with Crippen LogP contribution < -0.4 is 0 Å². The monoisotopic (exact) mass is 345 g/mol. The van der Waals surface area contributed by atoms with Crippen molar-refractivity contribution in [2.75, 3.05) is 46.3 Å². The summed E-state index contributed by atoms with van der Waals surface area (Å²) in [6.07, 6.45) is -0.457. The lowest BCUT2D eigenvalue weighted by atomic mass is 9.83. The molecular weight excluding hydrogens is 314 g/mol. The Hall–Kier alpha value is -1.43. The number of piperazine rings is 1. The Morgan fingerprint density at radius 3 is 2.28 bits per heavy atom. The average Bonchev–Trinajstić information content (AvgIpc) is 2.97. The molecule has 1 N–H and O–H groups in total. The van der Waals surface area contributed by atoms with Crippen molar-refractivity contribution in [2.24, 2.45) is 0 Å². The highest BCUT2D eigenvalue weighted by atomic mass is 16.3. The van der Waals surface area contributed by atoms with E-state index in [-0.39, 0.29) is 11.9 Å². The lowest BCUT2D eigenvalue weighted by molar-refractivity contribution is -0.135. The number of β-amino-alcohol motifs (C(OH)–C–C–N with tert-alkyl or cyclic N) is 1. The number of aryl methyl sites for hydroxylation is 1. The van der Waals surface area contributed by atoms with Crippen LogP contribution in [0.1, 0.15) is 25.0 Å². The topological polar surface area (TPSA) is 47.0 Å². The van der Waals surface area contributed by atoms with Crippen molar-refractivity contribution in [3.63, 3.8) is 0 Å². The number of nitrogens with zero attached hydrogens (tertiary/aromatic N) is 3. The zero-order chi connectivity index (χ0) is 18.2. The van der Waals surface area contributed by atoms with Gasteiger partial charge in [-0.1, -0.05) is 29.8 Å². The molecule has 2 saturated heterocycles. The number of hydrogen-bond acceptors (Lipinski definition) is 4. The maximum atomic E-state index is 13.2. The normalized spacial score (nSPS) is 26.2. The molecule has 2 heterocycles. The molecule has 25 heavy (non-hydrogen) atoms. The van der Waals surface area contributed by atoms with Crippen molar-refractivity contribution >= 4 is 5.91 Å². The molecule has 1 aromatic carbocycles. The predicted octanol–water partition coefficient (Wildman–Crippen LogP) is 1.09. The summed E-state index contributed by atoms with van der Waals surface area (Å²) in [5, 5.41) is 10.5. The van der Waals surface area contributed by atoms with E-state index in [9.17, 15) is 9.90 Å². The molecule has 138 valence electrons. The van der Waals surface area contributed by atoms with E-state index in [2.05, 4.69) is 35.9 Å². The Morgan fingerprint density at radius 1 is 1.08 bits per heavy atom. The summed E-state index contributed by atoms with van der Waals surface area (Å²) in [5.74, 6) is 0.104. The fraction of sp³-hybridized carbons (Fsp3) is 0.650.